The maximum absolute atomic E-state index is 13.2. The molecule has 2 heterocycles. The molecule has 4 nitrogen and oxygen atoms in total. The van der Waals surface area contributed by atoms with Crippen LogP contribution in [-0.2, 0) is 14.8 Å². The summed E-state index contributed by atoms with van der Waals surface area (Å²) in [5.74, 6) is 0. The average Bonchev–Trinajstić information content (AvgIpc) is 3.09. The van der Waals surface area contributed by atoms with Crippen LogP contribution in [0.4, 0.5) is 0 Å². The normalized spacial score (nSPS) is 26.6. The maximum Gasteiger partial charge on any atom is 0.243 e. The molecule has 0 unspecified atom stereocenters. The molecule has 0 bridgehead atoms. The van der Waals surface area contributed by atoms with Crippen LogP contribution in [0.15, 0.2) is 52.0 Å². The van der Waals surface area contributed by atoms with Crippen molar-refractivity contribution in [1.29, 1.82) is 0 Å². The van der Waals surface area contributed by atoms with Crippen LogP contribution < -0.4 is 0 Å². The predicted molar refractivity (Wildman–Crippen MR) is 107 cm³/mol. The van der Waals surface area contributed by atoms with E-state index in [4.69, 9.17) is 4.74 Å². The molecule has 5 heteroatoms. The van der Waals surface area contributed by atoms with Gasteiger partial charge in [0.1, 0.15) is 0 Å². The van der Waals surface area contributed by atoms with Gasteiger partial charge in [-0.1, -0.05) is 44.5 Å². The molecule has 0 saturated heterocycles. The zero-order valence-electron chi connectivity index (χ0n) is 16.7. The van der Waals surface area contributed by atoms with Crippen LogP contribution in [0.1, 0.15) is 45.6 Å². The number of benzene rings is 1. The highest BCUT2D eigenvalue weighted by atomic mass is 32.2. The van der Waals surface area contributed by atoms with Gasteiger partial charge >= 0.3 is 0 Å². The first-order chi connectivity index (χ1) is 12.7. The summed E-state index contributed by atoms with van der Waals surface area (Å²) in [5.41, 5.74) is 4.80. The van der Waals surface area contributed by atoms with Crippen LogP contribution in [0.3, 0.4) is 0 Å². The Balaban J connectivity index is 1.73. The van der Waals surface area contributed by atoms with Gasteiger partial charge in [-0.3, -0.25) is 0 Å². The summed E-state index contributed by atoms with van der Waals surface area (Å²) >= 11 is 0. The molecule has 1 saturated carbocycles. The molecule has 2 atom stereocenters. The lowest BCUT2D eigenvalue weighted by Crippen LogP contribution is -2.45. The number of sulfonamides is 1. The summed E-state index contributed by atoms with van der Waals surface area (Å²) in [4.78, 5) is 0.373. The second-order valence-corrected chi connectivity index (χ2v) is 11.0. The van der Waals surface area contributed by atoms with Gasteiger partial charge in [-0.15, -0.1) is 0 Å². The van der Waals surface area contributed by atoms with Gasteiger partial charge in [-0.05, 0) is 60.5 Å². The Hall–Kier alpha value is -1.43. The molecule has 0 N–H and O–H groups in total. The molecule has 0 spiro atoms. The Morgan fingerprint density at radius 3 is 2.52 bits per heavy atom. The second kappa shape index (κ2) is 6.57. The largest absolute Gasteiger partial charge is 0.365 e. The smallest absolute Gasteiger partial charge is 0.243 e. The van der Waals surface area contributed by atoms with Gasteiger partial charge in [0.05, 0.1) is 17.1 Å². The summed E-state index contributed by atoms with van der Waals surface area (Å²) in [6, 6.07) is 7.14. The number of ether oxygens (including phenoxy) is 1. The number of rotatable bonds is 2. The summed E-state index contributed by atoms with van der Waals surface area (Å²) in [6.07, 6.45) is 5.46. The van der Waals surface area contributed by atoms with Crippen molar-refractivity contribution in [2.24, 2.45) is 5.41 Å². The summed E-state index contributed by atoms with van der Waals surface area (Å²) in [7, 11) is -3.50. The molecule has 1 aromatic rings. The van der Waals surface area contributed by atoms with Gasteiger partial charge < -0.3 is 4.74 Å². The molecule has 1 aromatic carbocycles. The minimum atomic E-state index is -3.50. The molecule has 0 radical (unpaired) electrons. The molecule has 2 aliphatic heterocycles. The molecular weight excluding hydrogens is 358 g/mol. The van der Waals surface area contributed by atoms with Crippen LogP contribution in [-0.4, -0.2) is 38.0 Å². The number of hydrogen-bond acceptors (Lipinski definition) is 3. The van der Waals surface area contributed by atoms with E-state index in [1.54, 1.807) is 16.4 Å². The minimum absolute atomic E-state index is 0.0107. The topological polar surface area (TPSA) is 46.6 Å². The van der Waals surface area contributed by atoms with Crippen molar-refractivity contribution in [2.45, 2.75) is 64.1 Å². The van der Waals surface area contributed by atoms with Gasteiger partial charge in [-0.2, -0.15) is 4.31 Å². The fourth-order valence-corrected chi connectivity index (χ4v) is 5.81. The lowest BCUT2D eigenvalue weighted by Gasteiger charge is -2.43. The first-order valence-electron chi connectivity index (χ1n) is 9.82. The zero-order valence-corrected chi connectivity index (χ0v) is 17.5. The molecule has 4 rings (SSSR count). The molecule has 27 heavy (non-hydrogen) atoms. The van der Waals surface area contributed by atoms with Crippen molar-refractivity contribution in [3.05, 3.63) is 52.6 Å². The molecule has 146 valence electrons. The molecule has 0 amide bonds. The van der Waals surface area contributed by atoms with E-state index in [0.29, 0.717) is 18.0 Å². The highest BCUT2D eigenvalue weighted by molar-refractivity contribution is 7.89. The highest BCUT2D eigenvalue weighted by Gasteiger charge is 2.43. The van der Waals surface area contributed by atoms with E-state index >= 15 is 0 Å². The van der Waals surface area contributed by atoms with Gasteiger partial charge in [0.15, 0.2) is 0 Å². The molecule has 0 aromatic heterocycles. The molecular formula is C22H29NO3S. The lowest BCUT2D eigenvalue weighted by molar-refractivity contribution is -0.0340. The number of aryl methyl sites for hydroxylation is 1. The number of hydrogen-bond donors (Lipinski definition) is 0. The third-order valence-electron chi connectivity index (χ3n) is 5.91. The summed E-state index contributed by atoms with van der Waals surface area (Å²) < 4.78 is 34.5. The molecule has 3 aliphatic rings. The highest BCUT2D eigenvalue weighted by Crippen LogP contribution is 2.46. The van der Waals surface area contributed by atoms with Crippen molar-refractivity contribution < 1.29 is 13.2 Å². The van der Waals surface area contributed by atoms with E-state index in [9.17, 15) is 8.42 Å². The third-order valence-corrected chi connectivity index (χ3v) is 7.74. The fraction of sp³-hybridized carbons (Fsp3) is 0.545. The van der Waals surface area contributed by atoms with E-state index in [2.05, 4.69) is 26.8 Å². The van der Waals surface area contributed by atoms with Crippen molar-refractivity contribution >= 4 is 10.0 Å². The van der Waals surface area contributed by atoms with Crippen molar-refractivity contribution in [3.63, 3.8) is 0 Å². The first-order valence-corrected chi connectivity index (χ1v) is 11.3. The average molecular weight is 388 g/mol. The van der Waals surface area contributed by atoms with Crippen molar-refractivity contribution in [3.8, 4) is 0 Å². The Labute approximate surface area is 163 Å². The van der Waals surface area contributed by atoms with Gasteiger partial charge in [-0.25, -0.2) is 8.42 Å². The standard InChI is InChI=1S/C22H29NO3S/c1-15-8-10-16(11-9-15)27(24,25)23-13-12-18-19(14-23)17-6-5-7-20(17)26-21(18)22(2,3)4/h8-12,20-21H,5-7,13-14H2,1-4H3/t20-,21+/m1/s1. The maximum atomic E-state index is 13.2. The monoisotopic (exact) mass is 387 g/mol. The SMILES string of the molecule is Cc1ccc(S(=O)(=O)N2CC=C3C(=C4CCC[C@H]4O[C@@H]3C(C)(C)C)C2)cc1. The van der Waals surface area contributed by atoms with Crippen LogP contribution >= 0.6 is 0 Å². The lowest BCUT2D eigenvalue weighted by atomic mass is 9.77. The van der Waals surface area contributed by atoms with Crippen molar-refractivity contribution in [2.75, 3.05) is 13.1 Å². The van der Waals surface area contributed by atoms with Gasteiger partial charge in [0.2, 0.25) is 10.0 Å². The Morgan fingerprint density at radius 1 is 1.15 bits per heavy atom. The number of nitrogens with zero attached hydrogens (tertiary/aromatic N) is 1. The van der Waals surface area contributed by atoms with Gasteiger partial charge in [0.25, 0.3) is 0 Å². The quantitative estimate of drug-likeness (QED) is 0.763. The molecule has 1 fully saturated rings. The van der Waals surface area contributed by atoms with E-state index in [1.165, 1.54) is 16.7 Å². The summed E-state index contributed by atoms with van der Waals surface area (Å²) in [5, 5.41) is 0. The first kappa shape index (κ1) is 18.9. The Bertz CT molecular complexity index is 904. The second-order valence-electron chi connectivity index (χ2n) is 9.04. The summed E-state index contributed by atoms with van der Waals surface area (Å²) in [6.45, 7) is 9.43. The van der Waals surface area contributed by atoms with E-state index in [0.717, 1.165) is 24.8 Å². The van der Waals surface area contributed by atoms with E-state index < -0.39 is 10.0 Å². The van der Waals surface area contributed by atoms with Crippen LogP contribution in [0, 0.1) is 12.3 Å². The van der Waals surface area contributed by atoms with Crippen molar-refractivity contribution in [1.82, 2.24) is 4.31 Å². The number of fused-ring (bicyclic) bond motifs is 2. The van der Waals surface area contributed by atoms with Gasteiger partial charge in [0, 0.05) is 13.1 Å². The van der Waals surface area contributed by atoms with Crippen LogP contribution in [0.5, 0.6) is 0 Å². The Morgan fingerprint density at radius 2 is 1.85 bits per heavy atom. The third kappa shape index (κ3) is 3.30. The van der Waals surface area contributed by atoms with E-state index in [-0.39, 0.29) is 17.6 Å². The van der Waals surface area contributed by atoms with Crippen LogP contribution in [0.25, 0.3) is 0 Å². The Kier molecular flexibility index (Phi) is 4.60. The predicted octanol–water partition coefficient (Wildman–Crippen LogP) is 4.22. The minimum Gasteiger partial charge on any atom is -0.365 e. The zero-order chi connectivity index (χ0) is 19.4. The van der Waals surface area contributed by atoms with Crippen LogP contribution in [0.2, 0.25) is 0 Å². The van der Waals surface area contributed by atoms with E-state index in [1.807, 2.05) is 19.1 Å². The fourth-order valence-electron chi connectivity index (χ4n) is 4.47. The molecule has 1 aliphatic carbocycles.